The van der Waals surface area contributed by atoms with Crippen LogP contribution in [0.1, 0.15) is 19.3 Å². The van der Waals surface area contributed by atoms with Crippen molar-refractivity contribution < 1.29 is 22.5 Å². The van der Waals surface area contributed by atoms with Gasteiger partial charge in [0.05, 0.1) is 0 Å². The highest BCUT2D eigenvalue weighted by Gasteiger charge is 2.23. The minimum Gasteiger partial charge on any atom is -0.462 e. The molecule has 0 atom stereocenters. The largest absolute Gasteiger partial charge is 0.462 e. The Hall–Kier alpha value is -0.620. The fraction of sp³-hybridized carbons (Fsp3) is 0.833. The molecule has 0 unspecified atom stereocenters. The maximum Gasteiger partial charge on any atom is 0.323 e. The molecule has 0 radical (unpaired) electrons. The molecule has 6 heteroatoms. The third-order valence-corrected chi connectivity index (χ3v) is 2.25. The molecule has 0 aliphatic heterocycles. The zero-order chi connectivity index (χ0) is 9.19. The molecule has 12 heavy (non-hydrogen) atoms. The molecule has 0 bridgehead atoms. The summed E-state index contributed by atoms with van der Waals surface area (Å²) in [6, 6.07) is 0. The molecule has 1 rings (SSSR count). The number of carbonyl (C=O) groups excluding carboxylic acids is 1. The molecule has 0 amide bonds. The number of hydrogen-bond acceptors (Lipinski definition) is 4. The first kappa shape index (κ1) is 9.47. The number of esters is 1. The van der Waals surface area contributed by atoms with Gasteiger partial charge in [0, 0.05) is 0 Å². The van der Waals surface area contributed by atoms with Crippen molar-refractivity contribution in [2.24, 2.45) is 0 Å². The molecule has 0 heterocycles. The first-order valence-corrected chi connectivity index (χ1v) is 5.23. The topological polar surface area (TPSA) is 80.7 Å². The summed E-state index contributed by atoms with van der Waals surface area (Å²) in [6.07, 6.45) is 2.44. The molecule has 1 aliphatic rings. The fourth-order valence-electron chi connectivity index (χ4n) is 0.857. The van der Waals surface area contributed by atoms with Crippen LogP contribution in [0, 0.1) is 0 Å². The molecule has 0 spiro atoms. The SMILES string of the molecule is O=C(CS(=O)(=O)O)OC1CCC1. The zero-order valence-electron chi connectivity index (χ0n) is 6.39. The molecule has 1 fully saturated rings. The lowest BCUT2D eigenvalue weighted by molar-refractivity contribution is -0.149. The second kappa shape index (κ2) is 3.40. The van der Waals surface area contributed by atoms with Gasteiger partial charge >= 0.3 is 5.97 Å². The standard InChI is InChI=1S/C6H10O5S/c7-6(4-12(8,9)10)11-5-2-1-3-5/h5H,1-4H2,(H,8,9,10). The van der Waals surface area contributed by atoms with E-state index in [-0.39, 0.29) is 6.10 Å². The predicted molar refractivity (Wildman–Crippen MR) is 40.1 cm³/mol. The van der Waals surface area contributed by atoms with Gasteiger partial charge in [0.25, 0.3) is 10.1 Å². The van der Waals surface area contributed by atoms with Crippen molar-refractivity contribution in [2.45, 2.75) is 25.4 Å². The molecule has 0 aromatic rings. The normalized spacial score (nSPS) is 18.4. The second-order valence-electron chi connectivity index (χ2n) is 2.77. The zero-order valence-corrected chi connectivity index (χ0v) is 7.21. The monoisotopic (exact) mass is 194 g/mol. The van der Waals surface area contributed by atoms with Gasteiger partial charge in [-0.1, -0.05) is 0 Å². The van der Waals surface area contributed by atoms with Gasteiger partial charge in [-0.05, 0) is 19.3 Å². The quantitative estimate of drug-likeness (QED) is 0.504. The Morgan fingerprint density at radius 3 is 2.42 bits per heavy atom. The Morgan fingerprint density at radius 1 is 1.50 bits per heavy atom. The van der Waals surface area contributed by atoms with Gasteiger partial charge in [0.2, 0.25) is 0 Å². The summed E-state index contributed by atoms with van der Waals surface area (Å²) < 4.78 is 33.3. The third kappa shape index (κ3) is 3.19. The van der Waals surface area contributed by atoms with E-state index in [0.717, 1.165) is 19.3 Å². The molecule has 0 aromatic carbocycles. The van der Waals surface area contributed by atoms with Crippen LogP contribution in [0.2, 0.25) is 0 Å². The van der Waals surface area contributed by atoms with Gasteiger partial charge in [-0.3, -0.25) is 9.35 Å². The summed E-state index contributed by atoms with van der Waals surface area (Å²) >= 11 is 0. The van der Waals surface area contributed by atoms with Crippen molar-refractivity contribution in [1.82, 2.24) is 0 Å². The average molecular weight is 194 g/mol. The van der Waals surface area contributed by atoms with Gasteiger partial charge in [-0.15, -0.1) is 0 Å². The Labute approximate surface area is 70.5 Å². The van der Waals surface area contributed by atoms with Crippen molar-refractivity contribution >= 4 is 16.1 Å². The highest BCUT2D eigenvalue weighted by atomic mass is 32.2. The number of hydrogen-bond donors (Lipinski definition) is 1. The Morgan fingerprint density at radius 2 is 2.08 bits per heavy atom. The molecule has 0 aromatic heterocycles. The summed E-state index contributed by atoms with van der Waals surface area (Å²) in [5.41, 5.74) is 0. The maximum absolute atomic E-state index is 10.7. The van der Waals surface area contributed by atoms with Crippen LogP contribution in [-0.2, 0) is 19.6 Å². The van der Waals surface area contributed by atoms with Crippen LogP contribution >= 0.6 is 0 Å². The molecule has 1 N–H and O–H groups in total. The summed E-state index contributed by atoms with van der Waals surface area (Å²) in [7, 11) is -4.23. The molecular weight excluding hydrogens is 184 g/mol. The summed E-state index contributed by atoms with van der Waals surface area (Å²) in [5, 5.41) is 0. The minimum atomic E-state index is -4.23. The molecular formula is C6H10O5S. The van der Waals surface area contributed by atoms with Crippen LogP contribution in [0.15, 0.2) is 0 Å². The highest BCUT2D eigenvalue weighted by molar-refractivity contribution is 7.86. The van der Waals surface area contributed by atoms with Crippen LogP contribution in [0.5, 0.6) is 0 Å². The van der Waals surface area contributed by atoms with Crippen LogP contribution in [0.4, 0.5) is 0 Å². The lowest BCUT2D eigenvalue weighted by Crippen LogP contribution is -2.28. The number of ether oxygens (including phenoxy) is 1. The van der Waals surface area contributed by atoms with Crippen LogP contribution in [0.25, 0.3) is 0 Å². The predicted octanol–water partition coefficient (Wildman–Crippen LogP) is -0.0301. The summed E-state index contributed by atoms with van der Waals surface area (Å²) in [5.74, 6) is -1.81. The van der Waals surface area contributed by atoms with E-state index in [4.69, 9.17) is 4.55 Å². The second-order valence-corrected chi connectivity index (χ2v) is 4.22. The Bertz CT molecular complexity index is 264. The van der Waals surface area contributed by atoms with Gasteiger partial charge < -0.3 is 4.74 Å². The maximum atomic E-state index is 10.7. The van der Waals surface area contributed by atoms with E-state index >= 15 is 0 Å². The van der Waals surface area contributed by atoms with Gasteiger partial charge in [-0.25, -0.2) is 0 Å². The summed E-state index contributed by atoms with van der Waals surface area (Å²) in [4.78, 5) is 10.7. The molecule has 0 saturated heterocycles. The van der Waals surface area contributed by atoms with Crippen molar-refractivity contribution in [2.75, 3.05) is 5.75 Å². The van der Waals surface area contributed by atoms with Crippen molar-refractivity contribution in [3.05, 3.63) is 0 Å². The van der Waals surface area contributed by atoms with E-state index < -0.39 is 21.8 Å². The first-order chi connectivity index (χ1) is 5.47. The van der Waals surface area contributed by atoms with Crippen molar-refractivity contribution in [1.29, 1.82) is 0 Å². The van der Waals surface area contributed by atoms with E-state index in [9.17, 15) is 13.2 Å². The van der Waals surface area contributed by atoms with E-state index in [1.54, 1.807) is 0 Å². The van der Waals surface area contributed by atoms with Crippen LogP contribution < -0.4 is 0 Å². The Balaban J connectivity index is 2.29. The molecule has 1 saturated carbocycles. The van der Waals surface area contributed by atoms with Crippen LogP contribution in [0.3, 0.4) is 0 Å². The smallest absolute Gasteiger partial charge is 0.323 e. The van der Waals surface area contributed by atoms with Crippen molar-refractivity contribution in [3.63, 3.8) is 0 Å². The number of rotatable bonds is 3. The van der Waals surface area contributed by atoms with E-state index in [1.807, 2.05) is 0 Å². The molecule has 1 aliphatic carbocycles. The lowest BCUT2D eigenvalue weighted by Gasteiger charge is -2.24. The Kier molecular flexibility index (Phi) is 2.69. The fourth-order valence-corrected chi connectivity index (χ4v) is 1.22. The van der Waals surface area contributed by atoms with E-state index in [0.29, 0.717) is 0 Å². The summed E-state index contributed by atoms with van der Waals surface area (Å²) in [6.45, 7) is 0. The molecule has 5 nitrogen and oxygen atoms in total. The van der Waals surface area contributed by atoms with E-state index in [2.05, 4.69) is 4.74 Å². The molecule has 70 valence electrons. The average Bonchev–Trinajstić information content (AvgIpc) is 1.74. The van der Waals surface area contributed by atoms with E-state index in [1.165, 1.54) is 0 Å². The minimum absolute atomic E-state index is 0.140. The highest BCUT2D eigenvalue weighted by Crippen LogP contribution is 2.21. The van der Waals surface area contributed by atoms with Crippen molar-refractivity contribution in [3.8, 4) is 0 Å². The van der Waals surface area contributed by atoms with Gasteiger partial charge in [0.1, 0.15) is 6.10 Å². The van der Waals surface area contributed by atoms with Gasteiger partial charge in [0.15, 0.2) is 5.75 Å². The first-order valence-electron chi connectivity index (χ1n) is 3.62. The lowest BCUT2D eigenvalue weighted by atomic mass is 9.96. The van der Waals surface area contributed by atoms with Gasteiger partial charge in [-0.2, -0.15) is 8.42 Å². The third-order valence-electron chi connectivity index (χ3n) is 1.65. The van der Waals surface area contributed by atoms with Crippen LogP contribution in [-0.4, -0.2) is 30.8 Å². The number of carbonyl (C=O) groups is 1.